The van der Waals surface area contributed by atoms with Crippen LogP contribution in [0.1, 0.15) is 41.4 Å². The average molecular weight is 358 g/mol. The number of hydrogen-bond acceptors (Lipinski definition) is 3. The van der Waals surface area contributed by atoms with Crippen LogP contribution in [0.4, 0.5) is 0 Å². The number of nitrogens with zero attached hydrogens (tertiary/aromatic N) is 2. The summed E-state index contributed by atoms with van der Waals surface area (Å²) < 4.78 is 7.05. The van der Waals surface area contributed by atoms with Gasteiger partial charge in [0, 0.05) is 0 Å². The highest BCUT2D eigenvalue weighted by Gasteiger charge is 2.23. The summed E-state index contributed by atoms with van der Waals surface area (Å²) in [5, 5.41) is 8.16. The van der Waals surface area contributed by atoms with E-state index in [1.54, 1.807) is 17.0 Å². The normalized spacial score (nSPS) is 10.8. The van der Waals surface area contributed by atoms with Gasteiger partial charge in [-0.3, -0.25) is 4.79 Å². The first-order valence-corrected chi connectivity index (χ1v) is 8.69. The molecule has 0 unspecified atom stereocenters. The zero-order valence-electron chi connectivity index (χ0n) is 14.3. The van der Waals surface area contributed by atoms with E-state index in [2.05, 4.69) is 10.4 Å². The number of aromatic nitrogens is 2. The molecule has 5 nitrogen and oxygen atoms in total. The van der Waals surface area contributed by atoms with Gasteiger partial charge in [0.05, 0.1) is 40.5 Å². The van der Waals surface area contributed by atoms with Gasteiger partial charge in [-0.05, 0) is 37.1 Å². The molecule has 0 spiro atoms. The molecule has 0 saturated heterocycles. The topological polar surface area (TPSA) is 60.1 Å². The second kappa shape index (κ2) is 7.57. The lowest BCUT2D eigenvalue weighted by atomic mass is 10.1. The second-order valence-corrected chi connectivity index (χ2v) is 6.01. The zero-order valence-corrected chi connectivity index (χ0v) is 15.0. The summed E-state index contributed by atoms with van der Waals surface area (Å²) in [6.45, 7) is 4.34. The van der Waals surface area contributed by atoms with Gasteiger partial charge in [-0.2, -0.15) is 5.10 Å². The lowest BCUT2D eigenvalue weighted by molar-refractivity contribution is 0.0946. The number of halogens is 1. The molecule has 0 aliphatic carbocycles. The first-order valence-electron chi connectivity index (χ1n) is 8.31. The minimum Gasteiger partial charge on any atom is -0.467 e. The summed E-state index contributed by atoms with van der Waals surface area (Å²) in [6, 6.07) is 11.1. The number of rotatable bonds is 6. The Bertz CT molecular complexity index is 869. The van der Waals surface area contributed by atoms with E-state index in [0.717, 1.165) is 17.1 Å². The van der Waals surface area contributed by atoms with Crippen LogP contribution in [-0.4, -0.2) is 15.7 Å². The van der Waals surface area contributed by atoms with E-state index >= 15 is 0 Å². The first kappa shape index (κ1) is 17.3. The predicted molar refractivity (Wildman–Crippen MR) is 97.2 cm³/mol. The van der Waals surface area contributed by atoms with Gasteiger partial charge in [0.1, 0.15) is 5.76 Å². The van der Waals surface area contributed by atoms with Gasteiger partial charge in [-0.25, -0.2) is 4.68 Å². The fourth-order valence-corrected chi connectivity index (χ4v) is 3.05. The molecule has 6 heteroatoms. The van der Waals surface area contributed by atoms with E-state index in [1.807, 2.05) is 44.2 Å². The summed E-state index contributed by atoms with van der Waals surface area (Å²) >= 11 is 6.33. The SMILES string of the molecule is CCc1nn(-c2ccccc2Cl)c(CC)c1C(=O)NCc1ccco1. The third-order valence-corrected chi connectivity index (χ3v) is 4.35. The van der Waals surface area contributed by atoms with Crippen LogP contribution in [0.15, 0.2) is 47.1 Å². The van der Waals surface area contributed by atoms with Gasteiger partial charge < -0.3 is 9.73 Å². The number of nitrogens with one attached hydrogen (secondary N) is 1. The number of amides is 1. The fourth-order valence-electron chi connectivity index (χ4n) is 2.83. The number of furan rings is 1. The van der Waals surface area contributed by atoms with Gasteiger partial charge in [0.2, 0.25) is 0 Å². The van der Waals surface area contributed by atoms with E-state index in [4.69, 9.17) is 16.0 Å². The van der Waals surface area contributed by atoms with Crippen molar-refractivity contribution in [2.45, 2.75) is 33.2 Å². The summed E-state index contributed by atoms with van der Waals surface area (Å²) in [5.41, 5.74) is 3.01. The molecule has 0 atom stereocenters. The van der Waals surface area contributed by atoms with E-state index in [9.17, 15) is 4.79 Å². The molecule has 0 radical (unpaired) electrons. The molecule has 3 rings (SSSR count). The Balaban J connectivity index is 1.98. The molecule has 2 aromatic heterocycles. The monoisotopic (exact) mass is 357 g/mol. The van der Waals surface area contributed by atoms with Gasteiger partial charge in [0.15, 0.2) is 0 Å². The van der Waals surface area contributed by atoms with Crippen molar-refractivity contribution < 1.29 is 9.21 Å². The molecular formula is C19H20ClN3O2. The molecule has 0 aliphatic rings. The molecule has 0 bridgehead atoms. The van der Waals surface area contributed by atoms with Crippen LogP contribution < -0.4 is 5.32 Å². The third kappa shape index (κ3) is 3.46. The summed E-state index contributed by atoms with van der Waals surface area (Å²) in [4.78, 5) is 12.8. The average Bonchev–Trinajstić information content (AvgIpc) is 3.27. The Morgan fingerprint density at radius 2 is 2.00 bits per heavy atom. The fraction of sp³-hybridized carbons (Fsp3) is 0.263. The van der Waals surface area contributed by atoms with Crippen LogP contribution in [0.5, 0.6) is 0 Å². The summed E-state index contributed by atoms with van der Waals surface area (Å²) in [7, 11) is 0. The Labute approximate surface area is 151 Å². The number of carbonyl (C=O) groups excluding carboxylic acids is 1. The maximum atomic E-state index is 12.8. The third-order valence-electron chi connectivity index (χ3n) is 4.03. The molecule has 130 valence electrons. The zero-order chi connectivity index (χ0) is 17.8. The predicted octanol–water partition coefficient (Wildman–Crippen LogP) is 4.17. The molecule has 3 aromatic rings. The molecule has 1 N–H and O–H groups in total. The highest BCUT2D eigenvalue weighted by atomic mass is 35.5. The van der Waals surface area contributed by atoms with E-state index in [1.165, 1.54) is 0 Å². The number of benzene rings is 1. The number of hydrogen-bond donors (Lipinski definition) is 1. The Kier molecular flexibility index (Phi) is 5.24. The van der Waals surface area contributed by atoms with Crippen LogP contribution in [0.3, 0.4) is 0 Å². The smallest absolute Gasteiger partial charge is 0.255 e. The Hall–Kier alpha value is -2.53. The largest absolute Gasteiger partial charge is 0.467 e. The standard InChI is InChI=1S/C19H20ClN3O2/c1-3-15-18(19(24)21-12-13-8-7-11-25-13)16(4-2)23(22-15)17-10-6-5-9-14(17)20/h5-11H,3-4,12H2,1-2H3,(H,21,24). The summed E-state index contributed by atoms with van der Waals surface area (Å²) in [5.74, 6) is 0.561. The van der Waals surface area contributed by atoms with Crippen LogP contribution in [-0.2, 0) is 19.4 Å². The number of carbonyl (C=O) groups is 1. The van der Waals surface area contributed by atoms with Crippen molar-refractivity contribution in [2.24, 2.45) is 0 Å². The molecule has 25 heavy (non-hydrogen) atoms. The van der Waals surface area contributed by atoms with Crippen molar-refractivity contribution in [3.8, 4) is 5.69 Å². The molecule has 0 aliphatic heterocycles. The van der Waals surface area contributed by atoms with Crippen LogP contribution >= 0.6 is 11.6 Å². The van der Waals surface area contributed by atoms with E-state index < -0.39 is 0 Å². The van der Waals surface area contributed by atoms with Crippen molar-refractivity contribution >= 4 is 17.5 Å². The molecule has 2 heterocycles. The Morgan fingerprint density at radius 3 is 2.64 bits per heavy atom. The first-order chi connectivity index (χ1) is 12.2. The number of aryl methyl sites for hydroxylation is 1. The quantitative estimate of drug-likeness (QED) is 0.720. The van der Waals surface area contributed by atoms with Gasteiger partial charge >= 0.3 is 0 Å². The molecule has 0 fully saturated rings. The van der Waals surface area contributed by atoms with Crippen molar-refractivity contribution in [2.75, 3.05) is 0 Å². The molecule has 1 amide bonds. The van der Waals surface area contributed by atoms with E-state index in [-0.39, 0.29) is 5.91 Å². The lowest BCUT2D eigenvalue weighted by Gasteiger charge is -2.09. The lowest BCUT2D eigenvalue weighted by Crippen LogP contribution is -2.24. The molecule has 1 aromatic carbocycles. The summed E-state index contributed by atoms with van der Waals surface area (Å²) in [6.07, 6.45) is 2.92. The van der Waals surface area contributed by atoms with Gasteiger partial charge in [0.25, 0.3) is 5.91 Å². The van der Waals surface area contributed by atoms with Crippen molar-refractivity contribution in [1.29, 1.82) is 0 Å². The van der Waals surface area contributed by atoms with Crippen LogP contribution in [0.25, 0.3) is 5.69 Å². The van der Waals surface area contributed by atoms with E-state index in [0.29, 0.717) is 35.7 Å². The van der Waals surface area contributed by atoms with Crippen molar-refractivity contribution in [1.82, 2.24) is 15.1 Å². The Morgan fingerprint density at radius 1 is 1.20 bits per heavy atom. The second-order valence-electron chi connectivity index (χ2n) is 5.60. The van der Waals surface area contributed by atoms with Crippen molar-refractivity contribution in [3.63, 3.8) is 0 Å². The number of para-hydroxylation sites is 1. The van der Waals surface area contributed by atoms with Crippen LogP contribution in [0, 0.1) is 0 Å². The maximum absolute atomic E-state index is 12.8. The minimum absolute atomic E-state index is 0.150. The minimum atomic E-state index is -0.150. The van der Waals surface area contributed by atoms with Crippen LogP contribution in [0.2, 0.25) is 5.02 Å². The van der Waals surface area contributed by atoms with Gasteiger partial charge in [-0.15, -0.1) is 0 Å². The highest BCUT2D eigenvalue weighted by molar-refractivity contribution is 6.32. The highest BCUT2D eigenvalue weighted by Crippen LogP contribution is 2.25. The van der Waals surface area contributed by atoms with Gasteiger partial charge in [-0.1, -0.05) is 37.6 Å². The molecular weight excluding hydrogens is 338 g/mol. The maximum Gasteiger partial charge on any atom is 0.255 e. The molecule has 0 saturated carbocycles. The van der Waals surface area contributed by atoms with Crippen molar-refractivity contribution in [3.05, 3.63) is 70.4 Å².